The number of thiocarbonyl (C=S) groups is 1. The summed E-state index contributed by atoms with van der Waals surface area (Å²) >= 11 is 19.3. The smallest absolute Gasteiger partial charge is 0.416 e. The minimum atomic E-state index is -4.37. The number of hydrogen-bond acceptors (Lipinski definition) is 6. The van der Waals surface area contributed by atoms with Crippen molar-refractivity contribution in [3.05, 3.63) is 81.8 Å². The van der Waals surface area contributed by atoms with Crippen molar-refractivity contribution in [2.45, 2.75) is 35.7 Å². The van der Waals surface area contributed by atoms with E-state index in [-0.39, 0.29) is 5.92 Å². The normalized spacial score (nSPS) is 16.5. The number of para-hydroxylation sites is 1. The number of halogens is 5. The molecule has 3 aromatic carbocycles. The molecule has 1 saturated heterocycles. The van der Waals surface area contributed by atoms with Crippen LogP contribution in [-0.2, 0) is 17.3 Å². The van der Waals surface area contributed by atoms with Crippen LogP contribution in [0.1, 0.15) is 24.5 Å². The van der Waals surface area contributed by atoms with Crippen LogP contribution in [0.25, 0.3) is 0 Å². The SMILES string of the molecule is CC(Cc1cc(Cl)cc(Cl)c1)C(=S)OCCN1CCN(CCCN2c3ccccc3Sc3ccc(C(F)(F)F)cc32)CC1. The van der Waals surface area contributed by atoms with Crippen LogP contribution in [0.15, 0.2) is 70.5 Å². The average Bonchev–Trinajstić information content (AvgIpc) is 2.96. The Morgan fingerprint density at radius 1 is 0.884 bits per heavy atom. The Bertz CT molecular complexity index is 1410. The molecule has 0 saturated carbocycles. The summed E-state index contributed by atoms with van der Waals surface area (Å²) in [4.78, 5) is 8.78. The van der Waals surface area contributed by atoms with Gasteiger partial charge in [-0.1, -0.05) is 54.0 Å². The molecular weight excluding hydrogens is 634 g/mol. The molecule has 5 rings (SSSR count). The molecular formula is C32H34Cl2F3N3OS2. The highest BCUT2D eigenvalue weighted by atomic mass is 35.5. The molecule has 43 heavy (non-hydrogen) atoms. The first kappa shape index (κ1) is 32.4. The van der Waals surface area contributed by atoms with Crippen molar-refractivity contribution >= 4 is 63.6 Å². The van der Waals surface area contributed by atoms with Crippen LogP contribution in [0.3, 0.4) is 0 Å². The van der Waals surface area contributed by atoms with Crippen molar-refractivity contribution in [3.63, 3.8) is 0 Å². The van der Waals surface area contributed by atoms with Gasteiger partial charge in [-0.15, -0.1) is 0 Å². The van der Waals surface area contributed by atoms with E-state index in [4.69, 9.17) is 40.2 Å². The molecule has 0 amide bonds. The van der Waals surface area contributed by atoms with Gasteiger partial charge < -0.3 is 14.5 Å². The van der Waals surface area contributed by atoms with E-state index in [0.29, 0.717) is 40.4 Å². The molecule has 0 bridgehead atoms. The number of rotatable bonds is 10. The summed E-state index contributed by atoms with van der Waals surface area (Å²) in [6.07, 6.45) is -2.81. The van der Waals surface area contributed by atoms with Gasteiger partial charge in [0, 0.05) is 65.0 Å². The molecule has 0 spiro atoms. The van der Waals surface area contributed by atoms with E-state index in [2.05, 4.69) is 14.7 Å². The fourth-order valence-electron chi connectivity index (χ4n) is 5.52. The van der Waals surface area contributed by atoms with E-state index in [0.717, 1.165) is 66.7 Å². The van der Waals surface area contributed by atoms with Crippen LogP contribution in [0.2, 0.25) is 10.0 Å². The van der Waals surface area contributed by atoms with Crippen molar-refractivity contribution in [1.29, 1.82) is 0 Å². The number of piperazine rings is 1. The summed E-state index contributed by atoms with van der Waals surface area (Å²) in [5, 5.41) is 1.82. The number of alkyl halides is 3. The summed E-state index contributed by atoms with van der Waals surface area (Å²) < 4.78 is 46.4. The lowest BCUT2D eigenvalue weighted by Gasteiger charge is -2.36. The molecule has 11 heteroatoms. The van der Waals surface area contributed by atoms with E-state index >= 15 is 0 Å². The lowest BCUT2D eigenvalue weighted by atomic mass is 10.0. The molecule has 1 fully saturated rings. The second kappa shape index (κ2) is 14.4. The van der Waals surface area contributed by atoms with Crippen LogP contribution < -0.4 is 4.90 Å². The molecule has 0 N–H and O–H groups in total. The number of ether oxygens (including phenoxy) is 1. The Morgan fingerprint density at radius 3 is 2.23 bits per heavy atom. The van der Waals surface area contributed by atoms with Crippen molar-refractivity contribution < 1.29 is 17.9 Å². The molecule has 3 aromatic rings. The van der Waals surface area contributed by atoms with E-state index in [1.807, 2.05) is 43.3 Å². The summed E-state index contributed by atoms with van der Waals surface area (Å²) in [5.74, 6) is 0.0684. The van der Waals surface area contributed by atoms with Gasteiger partial charge in [-0.25, -0.2) is 0 Å². The summed E-state index contributed by atoms with van der Waals surface area (Å²) in [5.41, 5.74) is 2.02. The number of fused-ring (bicyclic) bond motifs is 2. The summed E-state index contributed by atoms with van der Waals surface area (Å²) in [6.45, 7) is 8.70. The van der Waals surface area contributed by atoms with Gasteiger partial charge in [0.15, 0.2) is 5.05 Å². The van der Waals surface area contributed by atoms with Crippen LogP contribution >= 0.6 is 47.2 Å². The molecule has 1 atom stereocenters. The highest BCUT2D eigenvalue weighted by Crippen LogP contribution is 2.49. The fourth-order valence-corrected chi connectivity index (χ4v) is 7.33. The third-order valence-electron chi connectivity index (χ3n) is 7.79. The second-order valence-electron chi connectivity index (χ2n) is 11.0. The first-order valence-electron chi connectivity index (χ1n) is 14.4. The molecule has 0 aliphatic carbocycles. The van der Waals surface area contributed by atoms with Crippen molar-refractivity contribution in [1.82, 2.24) is 9.80 Å². The Labute approximate surface area is 271 Å². The average molecular weight is 669 g/mol. The van der Waals surface area contributed by atoms with Gasteiger partial charge in [0.05, 0.1) is 16.9 Å². The zero-order chi connectivity index (χ0) is 30.6. The number of hydrogen-bond donors (Lipinski definition) is 0. The number of nitrogens with zero attached hydrogens (tertiary/aromatic N) is 3. The van der Waals surface area contributed by atoms with Gasteiger partial charge in [-0.2, -0.15) is 13.2 Å². The molecule has 2 aliphatic heterocycles. The molecule has 0 radical (unpaired) electrons. The van der Waals surface area contributed by atoms with Gasteiger partial charge in [-0.3, -0.25) is 4.90 Å². The fraction of sp³-hybridized carbons (Fsp3) is 0.406. The van der Waals surface area contributed by atoms with Gasteiger partial charge >= 0.3 is 6.18 Å². The molecule has 4 nitrogen and oxygen atoms in total. The van der Waals surface area contributed by atoms with Crippen molar-refractivity contribution in [2.24, 2.45) is 5.92 Å². The van der Waals surface area contributed by atoms with Crippen LogP contribution in [0, 0.1) is 5.92 Å². The van der Waals surface area contributed by atoms with Crippen LogP contribution in [-0.4, -0.2) is 67.3 Å². The van der Waals surface area contributed by atoms with Crippen LogP contribution in [0.5, 0.6) is 0 Å². The zero-order valence-corrected chi connectivity index (χ0v) is 27.0. The minimum absolute atomic E-state index is 0.0684. The third kappa shape index (κ3) is 8.59. The number of anilines is 2. The van der Waals surface area contributed by atoms with Gasteiger partial charge in [0.25, 0.3) is 0 Å². The zero-order valence-electron chi connectivity index (χ0n) is 23.9. The second-order valence-corrected chi connectivity index (χ2v) is 13.3. The lowest BCUT2D eigenvalue weighted by molar-refractivity contribution is -0.137. The van der Waals surface area contributed by atoms with Gasteiger partial charge in [0.2, 0.25) is 0 Å². The van der Waals surface area contributed by atoms with Crippen molar-refractivity contribution in [2.75, 3.05) is 57.3 Å². The predicted molar refractivity (Wildman–Crippen MR) is 174 cm³/mol. The Hall–Kier alpha value is -2.01. The monoisotopic (exact) mass is 667 g/mol. The molecule has 2 aliphatic rings. The van der Waals surface area contributed by atoms with E-state index in [1.165, 1.54) is 23.9 Å². The van der Waals surface area contributed by atoms with Crippen LogP contribution in [0.4, 0.5) is 24.5 Å². The Kier molecular flexibility index (Phi) is 10.8. The summed E-state index contributed by atoms with van der Waals surface area (Å²) in [6, 6.07) is 17.5. The van der Waals surface area contributed by atoms with Gasteiger partial charge in [0.1, 0.15) is 6.61 Å². The first-order valence-corrected chi connectivity index (χ1v) is 16.4. The molecule has 230 valence electrons. The largest absolute Gasteiger partial charge is 0.485 e. The maximum absolute atomic E-state index is 13.5. The highest BCUT2D eigenvalue weighted by molar-refractivity contribution is 7.99. The summed E-state index contributed by atoms with van der Waals surface area (Å²) in [7, 11) is 0. The highest BCUT2D eigenvalue weighted by Gasteiger charge is 2.33. The Morgan fingerprint density at radius 2 is 1.53 bits per heavy atom. The minimum Gasteiger partial charge on any atom is -0.485 e. The molecule has 1 unspecified atom stereocenters. The third-order valence-corrected chi connectivity index (χ3v) is 9.88. The van der Waals surface area contributed by atoms with E-state index in [1.54, 1.807) is 12.1 Å². The van der Waals surface area contributed by atoms with Crippen molar-refractivity contribution in [3.8, 4) is 0 Å². The molecule has 0 aromatic heterocycles. The number of benzene rings is 3. The Balaban J connectivity index is 1.06. The van der Waals surface area contributed by atoms with E-state index in [9.17, 15) is 13.2 Å². The van der Waals surface area contributed by atoms with Gasteiger partial charge in [-0.05, 0) is 85.7 Å². The quantitative estimate of drug-likeness (QED) is 0.200. The standard InChI is InChI=1S/C32H34Cl2F3N3OS2/c1-22(17-23-18-25(33)21-26(34)19-23)31(42)41-16-15-39-13-11-38(12-14-39)9-4-10-40-27-5-2-3-6-29(27)43-30-8-7-24(20-28(30)40)32(35,36)37/h2-3,5-8,18-22H,4,9-17H2,1H3. The predicted octanol–water partition coefficient (Wildman–Crippen LogP) is 8.85. The molecule has 2 heterocycles. The lowest BCUT2D eigenvalue weighted by Crippen LogP contribution is -2.47. The van der Waals surface area contributed by atoms with E-state index < -0.39 is 11.7 Å². The first-order chi connectivity index (χ1) is 20.6. The maximum Gasteiger partial charge on any atom is 0.416 e. The topological polar surface area (TPSA) is 19.0 Å². The maximum atomic E-state index is 13.5.